The molecule has 0 heterocycles. The first-order valence-electron chi connectivity index (χ1n) is 4.94. The summed E-state index contributed by atoms with van der Waals surface area (Å²) in [5.41, 5.74) is 2.45. The van der Waals surface area contributed by atoms with Gasteiger partial charge in [0, 0.05) is 6.07 Å². The fourth-order valence-corrected chi connectivity index (χ4v) is 1.58. The standard InChI is InChI=1S/C14H12O2/c1-10(11-5-3-2-4-6-11)12-7-13(15)9-14(16)8-12/h2-9,15-16H,1H2. The Morgan fingerprint density at radius 3 is 1.94 bits per heavy atom. The van der Waals surface area contributed by atoms with Crippen LogP contribution in [0.25, 0.3) is 5.57 Å². The maximum atomic E-state index is 9.39. The van der Waals surface area contributed by atoms with Gasteiger partial charge in [-0.05, 0) is 28.8 Å². The van der Waals surface area contributed by atoms with Gasteiger partial charge in [-0.15, -0.1) is 0 Å². The van der Waals surface area contributed by atoms with Crippen molar-refractivity contribution < 1.29 is 10.2 Å². The third-order valence-corrected chi connectivity index (χ3v) is 2.37. The molecule has 2 aromatic carbocycles. The molecule has 16 heavy (non-hydrogen) atoms. The first-order valence-corrected chi connectivity index (χ1v) is 4.94. The lowest BCUT2D eigenvalue weighted by atomic mass is 9.99. The molecule has 0 aliphatic rings. The number of hydrogen-bond donors (Lipinski definition) is 2. The number of phenols is 2. The molecular formula is C14H12O2. The van der Waals surface area contributed by atoms with Crippen LogP contribution >= 0.6 is 0 Å². The van der Waals surface area contributed by atoms with Crippen molar-refractivity contribution >= 4 is 5.57 Å². The molecule has 0 unspecified atom stereocenters. The Morgan fingerprint density at radius 2 is 1.38 bits per heavy atom. The molecule has 0 spiro atoms. The van der Waals surface area contributed by atoms with Gasteiger partial charge in [-0.3, -0.25) is 0 Å². The Labute approximate surface area is 94.1 Å². The number of aromatic hydroxyl groups is 2. The molecule has 0 fully saturated rings. The molecule has 80 valence electrons. The van der Waals surface area contributed by atoms with Crippen molar-refractivity contribution in [2.24, 2.45) is 0 Å². The van der Waals surface area contributed by atoms with Gasteiger partial charge in [0.15, 0.2) is 0 Å². The van der Waals surface area contributed by atoms with Crippen LogP contribution in [0.3, 0.4) is 0 Å². The maximum absolute atomic E-state index is 9.39. The van der Waals surface area contributed by atoms with Gasteiger partial charge in [0.05, 0.1) is 0 Å². The topological polar surface area (TPSA) is 40.5 Å². The summed E-state index contributed by atoms with van der Waals surface area (Å²) < 4.78 is 0. The summed E-state index contributed by atoms with van der Waals surface area (Å²) in [5.74, 6) is 0.0687. The first kappa shape index (κ1) is 10.3. The normalized spacial score (nSPS) is 10.0. The summed E-state index contributed by atoms with van der Waals surface area (Å²) in [4.78, 5) is 0. The monoisotopic (exact) mass is 212 g/mol. The molecule has 2 aromatic rings. The Morgan fingerprint density at radius 1 is 0.812 bits per heavy atom. The molecule has 0 saturated heterocycles. The molecule has 2 nitrogen and oxygen atoms in total. The minimum absolute atomic E-state index is 0.0343. The van der Waals surface area contributed by atoms with Crippen molar-refractivity contribution in [3.05, 3.63) is 66.2 Å². The van der Waals surface area contributed by atoms with E-state index in [9.17, 15) is 10.2 Å². The van der Waals surface area contributed by atoms with Crippen LogP contribution in [0.4, 0.5) is 0 Å². The Hall–Kier alpha value is -2.22. The zero-order chi connectivity index (χ0) is 11.5. The summed E-state index contributed by atoms with van der Waals surface area (Å²) in [6.07, 6.45) is 0. The molecule has 2 rings (SSSR count). The Bertz CT molecular complexity index is 495. The zero-order valence-corrected chi connectivity index (χ0v) is 8.72. The summed E-state index contributed by atoms with van der Waals surface area (Å²) in [6.45, 7) is 3.96. The molecule has 0 aromatic heterocycles. The van der Waals surface area contributed by atoms with Crippen LogP contribution in [-0.4, -0.2) is 10.2 Å². The summed E-state index contributed by atoms with van der Waals surface area (Å²) >= 11 is 0. The molecule has 2 N–H and O–H groups in total. The van der Waals surface area contributed by atoms with Crippen LogP contribution in [0.5, 0.6) is 11.5 Å². The van der Waals surface area contributed by atoms with E-state index >= 15 is 0 Å². The van der Waals surface area contributed by atoms with E-state index in [4.69, 9.17) is 0 Å². The molecule has 0 radical (unpaired) electrons. The number of benzene rings is 2. The second-order valence-corrected chi connectivity index (χ2v) is 3.58. The van der Waals surface area contributed by atoms with Crippen LogP contribution < -0.4 is 0 Å². The predicted molar refractivity (Wildman–Crippen MR) is 64.3 cm³/mol. The molecule has 0 atom stereocenters. The van der Waals surface area contributed by atoms with Crippen molar-refractivity contribution in [2.75, 3.05) is 0 Å². The lowest BCUT2D eigenvalue weighted by Gasteiger charge is -2.07. The largest absolute Gasteiger partial charge is 0.508 e. The van der Waals surface area contributed by atoms with E-state index in [1.165, 1.54) is 6.07 Å². The highest BCUT2D eigenvalue weighted by Crippen LogP contribution is 2.28. The zero-order valence-electron chi connectivity index (χ0n) is 8.72. The van der Waals surface area contributed by atoms with E-state index in [0.29, 0.717) is 5.56 Å². The second-order valence-electron chi connectivity index (χ2n) is 3.58. The van der Waals surface area contributed by atoms with Crippen LogP contribution in [0.1, 0.15) is 11.1 Å². The van der Waals surface area contributed by atoms with Crippen molar-refractivity contribution in [3.8, 4) is 11.5 Å². The fourth-order valence-electron chi connectivity index (χ4n) is 1.58. The smallest absolute Gasteiger partial charge is 0.119 e. The highest BCUT2D eigenvalue weighted by atomic mass is 16.3. The van der Waals surface area contributed by atoms with E-state index in [0.717, 1.165) is 11.1 Å². The van der Waals surface area contributed by atoms with E-state index in [1.807, 2.05) is 30.3 Å². The first-order chi connectivity index (χ1) is 7.66. The molecule has 0 bridgehead atoms. The molecule has 0 saturated carbocycles. The van der Waals surface area contributed by atoms with Gasteiger partial charge in [-0.25, -0.2) is 0 Å². The summed E-state index contributed by atoms with van der Waals surface area (Å²) in [7, 11) is 0. The molecule has 0 aliphatic heterocycles. The van der Waals surface area contributed by atoms with Crippen LogP contribution in [-0.2, 0) is 0 Å². The van der Waals surface area contributed by atoms with Crippen LogP contribution in [0.15, 0.2) is 55.1 Å². The highest BCUT2D eigenvalue weighted by Gasteiger charge is 2.04. The average molecular weight is 212 g/mol. The highest BCUT2D eigenvalue weighted by molar-refractivity contribution is 5.79. The average Bonchev–Trinajstić information content (AvgIpc) is 2.28. The SMILES string of the molecule is C=C(c1ccccc1)c1cc(O)cc(O)c1. The minimum atomic E-state index is 0.0343. The van der Waals surface area contributed by atoms with Gasteiger partial charge in [-0.2, -0.15) is 0 Å². The Kier molecular flexibility index (Phi) is 2.64. The van der Waals surface area contributed by atoms with E-state index in [-0.39, 0.29) is 11.5 Å². The van der Waals surface area contributed by atoms with Crippen molar-refractivity contribution in [2.45, 2.75) is 0 Å². The summed E-state index contributed by atoms with van der Waals surface area (Å²) in [5, 5.41) is 18.8. The van der Waals surface area contributed by atoms with Crippen molar-refractivity contribution in [1.29, 1.82) is 0 Å². The maximum Gasteiger partial charge on any atom is 0.119 e. The molecule has 0 aliphatic carbocycles. The van der Waals surface area contributed by atoms with Gasteiger partial charge in [0.1, 0.15) is 11.5 Å². The molecule has 2 heteroatoms. The van der Waals surface area contributed by atoms with Crippen LogP contribution in [0, 0.1) is 0 Å². The number of hydrogen-bond acceptors (Lipinski definition) is 2. The summed E-state index contributed by atoms with van der Waals surface area (Å²) in [6, 6.07) is 14.1. The fraction of sp³-hybridized carbons (Fsp3) is 0. The van der Waals surface area contributed by atoms with E-state index in [2.05, 4.69) is 6.58 Å². The molecule has 0 amide bonds. The quantitative estimate of drug-likeness (QED) is 0.802. The Balaban J connectivity index is 2.42. The molecular weight excluding hydrogens is 200 g/mol. The minimum Gasteiger partial charge on any atom is -0.508 e. The lowest BCUT2D eigenvalue weighted by Crippen LogP contribution is -1.85. The number of rotatable bonds is 2. The van der Waals surface area contributed by atoms with E-state index in [1.54, 1.807) is 12.1 Å². The third-order valence-electron chi connectivity index (χ3n) is 2.37. The second kappa shape index (κ2) is 4.11. The number of phenolic OH excluding ortho intramolecular Hbond substituents is 2. The van der Waals surface area contributed by atoms with Gasteiger partial charge in [0.2, 0.25) is 0 Å². The van der Waals surface area contributed by atoms with Gasteiger partial charge >= 0.3 is 0 Å². The van der Waals surface area contributed by atoms with Gasteiger partial charge < -0.3 is 10.2 Å². The van der Waals surface area contributed by atoms with Gasteiger partial charge in [0.25, 0.3) is 0 Å². The van der Waals surface area contributed by atoms with Gasteiger partial charge in [-0.1, -0.05) is 36.9 Å². The van der Waals surface area contributed by atoms with Crippen molar-refractivity contribution in [3.63, 3.8) is 0 Å². The predicted octanol–water partition coefficient (Wildman–Crippen LogP) is 3.16. The third kappa shape index (κ3) is 2.06. The lowest BCUT2D eigenvalue weighted by molar-refractivity contribution is 0.450. The van der Waals surface area contributed by atoms with Crippen molar-refractivity contribution in [1.82, 2.24) is 0 Å². The van der Waals surface area contributed by atoms with E-state index < -0.39 is 0 Å². The van der Waals surface area contributed by atoms with Crippen LogP contribution in [0.2, 0.25) is 0 Å².